The zero-order valence-electron chi connectivity index (χ0n) is 17.0. The van der Waals surface area contributed by atoms with E-state index in [1.807, 2.05) is 38.1 Å². The standard InChI is InChI=1S/C22H28ClN3O2/c1-15-13-20(14-16(2)21(15)23)28-17(3)22(27)24-18-5-7-19(8-6-18)26-11-9-25(4)10-12-26/h5-8,13-14,17H,9-12H2,1-4H3,(H,24,27)/t17-/m0/s1. The fourth-order valence-electron chi connectivity index (χ4n) is 3.30. The van der Waals surface area contributed by atoms with Crippen molar-refractivity contribution in [3.63, 3.8) is 0 Å². The molecular formula is C22H28ClN3O2. The van der Waals surface area contributed by atoms with Gasteiger partial charge in [0.1, 0.15) is 5.75 Å². The van der Waals surface area contributed by atoms with Gasteiger partial charge in [-0.3, -0.25) is 4.79 Å². The Balaban J connectivity index is 1.58. The van der Waals surface area contributed by atoms with Gasteiger partial charge in [0.05, 0.1) is 0 Å². The summed E-state index contributed by atoms with van der Waals surface area (Å²) >= 11 is 6.19. The highest BCUT2D eigenvalue weighted by Crippen LogP contribution is 2.26. The fourth-order valence-corrected chi connectivity index (χ4v) is 3.41. The summed E-state index contributed by atoms with van der Waals surface area (Å²) in [5.41, 5.74) is 3.82. The minimum absolute atomic E-state index is 0.183. The van der Waals surface area contributed by atoms with Crippen molar-refractivity contribution in [2.45, 2.75) is 26.9 Å². The molecule has 0 radical (unpaired) electrons. The average Bonchev–Trinajstić information content (AvgIpc) is 2.67. The van der Waals surface area contributed by atoms with Gasteiger partial charge in [0, 0.05) is 42.6 Å². The highest BCUT2D eigenvalue weighted by atomic mass is 35.5. The minimum atomic E-state index is -0.614. The maximum absolute atomic E-state index is 12.5. The predicted octanol–water partition coefficient (Wildman–Crippen LogP) is 4.11. The zero-order valence-corrected chi connectivity index (χ0v) is 17.7. The summed E-state index contributed by atoms with van der Waals surface area (Å²) in [4.78, 5) is 17.2. The molecule has 2 aromatic carbocycles. The molecule has 5 nitrogen and oxygen atoms in total. The molecule has 28 heavy (non-hydrogen) atoms. The van der Waals surface area contributed by atoms with Crippen molar-refractivity contribution in [3.8, 4) is 5.75 Å². The number of piperazine rings is 1. The maximum atomic E-state index is 12.5. The first-order chi connectivity index (χ1) is 13.3. The van der Waals surface area contributed by atoms with Gasteiger partial charge < -0.3 is 19.9 Å². The van der Waals surface area contributed by atoms with E-state index in [4.69, 9.17) is 16.3 Å². The third kappa shape index (κ3) is 4.97. The highest BCUT2D eigenvalue weighted by Gasteiger charge is 2.17. The number of nitrogens with one attached hydrogen (secondary N) is 1. The molecule has 1 heterocycles. The molecule has 0 aliphatic carbocycles. The number of carbonyl (C=O) groups excluding carboxylic acids is 1. The number of rotatable bonds is 5. The Morgan fingerprint density at radius 1 is 1.07 bits per heavy atom. The van der Waals surface area contributed by atoms with E-state index in [9.17, 15) is 4.79 Å². The Morgan fingerprint density at radius 2 is 1.64 bits per heavy atom. The molecule has 6 heteroatoms. The van der Waals surface area contributed by atoms with Gasteiger partial charge in [0.2, 0.25) is 0 Å². The second-order valence-electron chi connectivity index (χ2n) is 7.46. The van der Waals surface area contributed by atoms with Crippen LogP contribution in [0.4, 0.5) is 11.4 Å². The van der Waals surface area contributed by atoms with Crippen LogP contribution in [-0.4, -0.2) is 50.1 Å². The minimum Gasteiger partial charge on any atom is -0.481 e. The molecule has 0 aromatic heterocycles. The van der Waals surface area contributed by atoms with E-state index in [2.05, 4.69) is 34.3 Å². The third-order valence-corrected chi connectivity index (χ3v) is 5.69. The van der Waals surface area contributed by atoms with E-state index in [0.29, 0.717) is 5.75 Å². The number of anilines is 2. The summed E-state index contributed by atoms with van der Waals surface area (Å²) in [6.45, 7) is 9.77. The largest absolute Gasteiger partial charge is 0.481 e. The molecule has 1 fully saturated rings. The topological polar surface area (TPSA) is 44.8 Å². The average molecular weight is 402 g/mol. The lowest BCUT2D eigenvalue weighted by molar-refractivity contribution is -0.122. The molecule has 1 atom stereocenters. The molecule has 1 amide bonds. The smallest absolute Gasteiger partial charge is 0.265 e. The number of likely N-dealkylation sites (N-methyl/N-ethyl adjacent to an activating group) is 1. The lowest BCUT2D eigenvalue weighted by Gasteiger charge is -2.34. The van der Waals surface area contributed by atoms with E-state index >= 15 is 0 Å². The molecule has 3 rings (SSSR count). The molecule has 0 saturated carbocycles. The van der Waals surface area contributed by atoms with Gasteiger partial charge in [-0.2, -0.15) is 0 Å². The van der Waals surface area contributed by atoms with E-state index in [1.54, 1.807) is 6.92 Å². The summed E-state index contributed by atoms with van der Waals surface area (Å²) in [7, 11) is 2.14. The number of ether oxygens (including phenoxy) is 1. The number of aryl methyl sites for hydroxylation is 2. The maximum Gasteiger partial charge on any atom is 0.265 e. The van der Waals surface area contributed by atoms with Crippen LogP contribution >= 0.6 is 11.6 Å². The molecule has 1 aliphatic heterocycles. The van der Waals surface area contributed by atoms with Crippen molar-refractivity contribution in [2.24, 2.45) is 0 Å². The van der Waals surface area contributed by atoms with Crippen molar-refractivity contribution in [3.05, 3.63) is 52.5 Å². The number of benzene rings is 2. The first-order valence-electron chi connectivity index (χ1n) is 9.61. The van der Waals surface area contributed by atoms with Crippen LogP contribution in [0.2, 0.25) is 5.02 Å². The summed E-state index contributed by atoms with van der Waals surface area (Å²) in [6.07, 6.45) is -0.614. The Morgan fingerprint density at radius 3 is 2.21 bits per heavy atom. The summed E-state index contributed by atoms with van der Waals surface area (Å²) in [6, 6.07) is 11.7. The van der Waals surface area contributed by atoms with Crippen LogP contribution in [0, 0.1) is 13.8 Å². The van der Waals surface area contributed by atoms with Gasteiger partial charge in [-0.05, 0) is 75.3 Å². The third-order valence-electron chi connectivity index (χ3n) is 5.10. The van der Waals surface area contributed by atoms with Crippen molar-refractivity contribution in [1.82, 2.24) is 4.90 Å². The Bertz CT molecular complexity index is 807. The molecule has 0 unspecified atom stereocenters. The predicted molar refractivity (Wildman–Crippen MR) is 116 cm³/mol. The van der Waals surface area contributed by atoms with Crippen LogP contribution in [0.1, 0.15) is 18.1 Å². The van der Waals surface area contributed by atoms with Crippen LogP contribution < -0.4 is 15.0 Å². The Kier molecular flexibility index (Phi) is 6.47. The molecule has 0 spiro atoms. The zero-order chi connectivity index (χ0) is 20.3. The van der Waals surface area contributed by atoms with Crippen molar-refractivity contribution in [2.75, 3.05) is 43.4 Å². The van der Waals surface area contributed by atoms with Crippen LogP contribution in [-0.2, 0) is 4.79 Å². The van der Waals surface area contributed by atoms with Gasteiger partial charge in [-0.15, -0.1) is 0 Å². The number of carbonyl (C=O) groups is 1. The summed E-state index contributed by atoms with van der Waals surface area (Å²) in [5.74, 6) is 0.463. The van der Waals surface area contributed by atoms with Gasteiger partial charge in [-0.25, -0.2) is 0 Å². The van der Waals surface area contributed by atoms with Crippen molar-refractivity contribution < 1.29 is 9.53 Å². The lowest BCUT2D eigenvalue weighted by Crippen LogP contribution is -2.44. The summed E-state index contributed by atoms with van der Waals surface area (Å²) < 4.78 is 5.81. The molecule has 1 aliphatic rings. The highest BCUT2D eigenvalue weighted by molar-refractivity contribution is 6.32. The van der Waals surface area contributed by atoms with E-state index in [1.165, 1.54) is 5.69 Å². The van der Waals surface area contributed by atoms with Crippen LogP contribution in [0.3, 0.4) is 0 Å². The Hall–Kier alpha value is -2.24. The van der Waals surface area contributed by atoms with Crippen LogP contribution in [0.15, 0.2) is 36.4 Å². The Labute approximate surface area is 172 Å². The SMILES string of the molecule is Cc1cc(O[C@@H](C)C(=O)Nc2ccc(N3CCN(C)CC3)cc2)cc(C)c1Cl. The van der Waals surface area contributed by atoms with Gasteiger partial charge in [0.25, 0.3) is 5.91 Å². The van der Waals surface area contributed by atoms with Crippen molar-refractivity contribution >= 4 is 28.9 Å². The summed E-state index contributed by atoms with van der Waals surface area (Å²) in [5, 5.41) is 3.65. The quantitative estimate of drug-likeness (QED) is 0.818. The molecule has 1 saturated heterocycles. The number of hydrogen-bond acceptors (Lipinski definition) is 4. The van der Waals surface area contributed by atoms with E-state index in [-0.39, 0.29) is 5.91 Å². The molecule has 150 valence electrons. The van der Waals surface area contributed by atoms with Crippen LogP contribution in [0.5, 0.6) is 5.75 Å². The number of amides is 1. The molecule has 2 aromatic rings. The van der Waals surface area contributed by atoms with E-state index < -0.39 is 6.10 Å². The second kappa shape index (κ2) is 8.84. The number of hydrogen-bond donors (Lipinski definition) is 1. The lowest BCUT2D eigenvalue weighted by atomic mass is 10.1. The second-order valence-corrected chi connectivity index (χ2v) is 7.84. The molecule has 0 bridgehead atoms. The van der Waals surface area contributed by atoms with Crippen LogP contribution in [0.25, 0.3) is 0 Å². The van der Waals surface area contributed by atoms with E-state index in [0.717, 1.165) is 48.0 Å². The monoisotopic (exact) mass is 401 g/mol. The number of halogens is 1. The number of nitrogens with zero attached hydrogens (tertiary/aromatic N) is 2. The van der Waals surface area contributed by atoms with Gasteiger partial charge >= 0.3 is 0 Å². The van der Waals surface area contributed by atoms with Crippen molar-refractivity contribution in [1.29, 1.82) is 0 Å². The normalized spacial score (nSPS) is 16.0. The fraction of sp³-hybridized carbons (Fsp3) is 0.409. The first kappa shape index (κ1) is 20.5. The van der Waals surface area contributed by atoms with Gasteiger partial charge in [-0.1, -0.05) is 11.6 Å². The molecular weight excluding hydrogens is 374 g/mol. The first-order valence-corrected chi connectivity index (χ1v) is 9.99. The van der Waals surface area contributed by atoms with Gasteiger partial charge in [0.15, 0.2) is 6.10 Å². The molecule has 1 N–H and O–H groups in total.